The van der Waals surface area contributed by atoms with E-state index in [1.54, 1.807) is 54.6 Å². The first-order valence-corrected chi connectivity index (χ1v) is 11.8. The minimum atomic E-state index is -5.60. The Hall–Kier alpha value is -3.06. The molecule has 0 fully saturated rings. The van der Waals surface area contributed by atoms with Crippen LogP contribution < -0.4 is 0 Å². The van der Waals surface area contributed by atoms with Crippen molar-refractivity contribution in [1.82, 2.24) is 0 Å². The van der Waals surface area contributed by atoms with E-state index in [-0.39, 0.29) is 32.5 Å². The molecule has 1 heterocycles. The van der Waals surface area contributed by atoms with Crippen molar-refractivity contribution in [2.45, 2.75) is 38.5 Å². The van der Waals surface area contributed by atoms with E-state index in [1.165, 1.54) is 32.9 Å². The maximum Gasteiger partial charge on any atom is 0.380 e. The van der Waals surface area contributed by atoms with Crippen LogP contribution in [0.3, 0.4) is 0 Å². The number of hydrogen-bond donors (Lipinski definition) is 0. The van der Waals surface area contributed by atoms with Crippen molar-refractivity contribution in [1.29, 1.82) is 0 Å². The van der Waals surface area contributed by atoms with Gasteiger partial charge in [-0.1, -0.05) is 66.7 Å². The van der Waals surface area contributed by atoms with Crippen molar-refractivity contribution in [3.63, 3.8) is 0 Å². The van der Waals surface area contributed by atoms with Crippen LogP contribution in [0.1, 0.15) is 27.1 Å². The molecule has 180 valence electrons. The fourth-order valence-electron chi connectivity index (χ4n) is 4.99. The third-order valence-corrected chi connectivity index (χ3v) is 7.92. The summed E-state index contributed by atoms with van der Waals surface area (Å²) in [7, 11) is 0. The van der Waals surface area contributed by atoms with Crippen LogP contribution in [0.25, 0.3) is 32.4 Å². The fraction of sp³-hybridized carbons (Fsp3) is 0.214. The number of alkyl halides is 6. The average Bonchev–Trinajstić information content (AvgIpc) is 3.16. The normalized spacial score (nSPS) is 18.4. The monoisotopic (exact) mass is 502 g/mol. The highest BCUT2D eigenvalue weighted by Crippen LogP contribution is 2.66. The Morgan fingerprint density at radius 1 is 0.629 bits per heavy atom. The van der Waals surface area contributed by atoms with E-state index in [1.807, 2.05) is 0 Å². The Balaban J connectivity index is 1.94. The zero-order valence-corrected chi connectivity index (χ0v) is 19.8. The van der Waals surface area contributed by atoms with Crippen molar-refractivity contribution >= 4 is 33.3 Å². The molecule has 3 aromatic carbocycles. The molecule has 4 aromatic rings. The maximum atomic E-state index is 15.5. The summed E-state index contributed by atoms with van der Waals surface area (Å²) < 4.78 is 92.0. The summed E-state index contributed by atoms with van der Waals surface area (Å²) in [5, 5.41) is 0.722. The zero-order chi connectivity index (χ0) is 25.3. The molecular weight excluding hydrogens is 482 g/mol. The van der Waals surface area contributed by atoms with Gasteiger partial charge in [-0.2, -0.15) is 26.3 Å². The molecule has 1 aliphatic carbocycles. The largest absolute Gasteiger partial charge is 0.380 e. The molecule has 35 heavy (non-hydrogen) atoms. The van der Waals surface area contributed by atoms with Gasteiger partial charge >= 0.3 is 17.8 Å². The van der Waals surface area contributed by atoms with Crippen LogP contribution in [0, 0.1) is 20.8 Å². The second kappa shape index (κ2) is 7.72. The van der Waals surface area contributed by atoms with Crippen LogP contribution >= 0.6 is 11.3 Å². The second-order valence-corrected chi connectivity index (χ2v) is 10.0. The maximum absolute atomic E-state index is 15.5. The Bertz CT molecular complexity index is 1490. The molecule has 1 aromatic heterocycles. The lowest BCUT2D eigenvalue weighted by Gasteiger charge is -2.26. The van der Waals surface area contributed by atoms with Crippen LogP contribution in [0.15, 0.2) is 66.7 Å². The molecule has 0 unspecified atom stereocenters. The predicted molar refractivity (Wildman–Crippen MR) is 130 cm³/mol. The van der Waals surface area contributed by atoms with Gasteiger partial charge in [-0.15, -0.1) is 11.3 Å². The van der Waals surface area contributed by atoms with Gasteiger partial charge in [0.15, 0.2) is 0 Å². The highest BCUT2D eigenvalue weighted by molar-refractivity contribution is 7.16. The van der Waals surface area contributed by atoms with Crippen molar-refractivity contribution in [3.05, 3.63) is 93.9 Å². The molecule has 0 spiro atoms. The van der Waals surface area contributed by atoms with Gasteiger partial charge in [-0.25, -0.2) is 0 Å². The molecule has 0 saturated heterocycles. The third-order valence-electron chi connectivity index (χ3n) is 6.66. The number of fused-ring (bicyclic) bond motifs is 1. The van der Waals surface area contributed by atoms with E-state index < -0.39 is 28.9 Å². The molecule has 0 saturated carbocycles. The number of aryl methyl sites for hydroxylation is 2. The Morgan fingerprint density at radius 2 is 1.20 bits per heavy atom. The van der Waals surface area contributed by atoms with Gasteiger partial charge in [0.25, 0.3) is 0 Å². The summed E-state index contributed by atoms with van der Waals surface area (Å²) in [5.74, 6) is -15.8. The molecule has 7 heteroatoms. The van der Waals surface area contributed by atoms with Gasteiger partial charge in [-0.05, 0) is 53.8 Å². The first kappa shape index (κ1) is 23.7. The molecule has 0 aliphatic heterocycles. The lowest BCUT2D eigenvalue weighted by molar-refractivity contribution is -0.254. The number of halogens is 6. The van der Waals surface area contributed by atoms with Crippen molar-refractivity contribution in [3.8, 4) is 10.4 Å². The molecule has 1 aliphatic rings. The van der Waals surface area contributed by atoms with Crippen LogP contribution in [-0.4, -0.2) is 17.8 Å². The van der Waals surface area contributed by atoms with E-state index in [0.29, 0.717) is 15.8 Å². The molecule has 0 bridgehead atoms. The highest BCUT2D eigenvalue weighted by atomic mass is 32.1. The van der Waals surface area contributed by atoms with Crippen molar-refractivity contribution in [2.24, 2.45) is 0 Å². The highest BCUT2D eigenvalue weighted by Gasteiger charge is 2.80. The first-order chi connectivity index (χ1) is 16.4. The lowest BCUT2D eigenvalue weighted by Crippen LogP contribution is -2.49. The number of rotatable bonds is 3. The van der Waals surface area contributed by atoms with Gasteiger partial charge in [0, 0.05) is 26.5 Å². The van der Waals surface area contributed by atoms with E-state index in [4.69, 9.17) is 0 Å². The number of allylic oxidation sites excluding steroid dienone is 2. The fourth-order valence-corrected chi connectivity index (χ4v) is 6.16. The quantitative estimate of drug-likeness (QED) is 0.245. The summed E-state index contributed by atoms with van der Waals surface area (Å²) >= 11 is 1.13. The SMILES string of the molecule is Cc1ccc2ccccc2c1C1=C(c2c(C)sc(-c3ccccc3)c2C)C(F)(F)C(F)(F)C1(F)F. The molecule has 0 atom stereocenters. The molecule has 0 radical (unpaired) electrons. The Morgan fingerprint density at radius 3 is 1.86 bits per heavy atom. The van der Waals surface area contributed by atoms with Crippen LogP contribution in [-0.2, 0) is 0 Å². The Labute approximate surface area is 202 Å². The summed E-state index contributed by atoms with van der Waals surface area (Å²) in [4.78, 5) is 0.855. The van der Waals surface area contributed by atoms with E-state index in [2.05, 4.69) is 0 Å². The van der Waals surface area contributed by atoms with Crippen molar-refractivity contribution in [2.75, 3.05) is 0 Å². The molecule has 0 amide bonds. The first-order valence-electron chi connectivity index (χ1n) is 10.9. The third kappa shape index (κ3) is 3.13. The van der Waals surface area contributed by atoms with Gasteiger partial charge < -0.3 is 0 Å². The van der Waals surface area contributed by atoms with Gasteiger partial charge in [0.05, 0.1) is 0 Å². The van der Waals surface area contributed by atoms with Crippen molar-refractivity contribution < 1.29 is 26.3 Å². The van der Waals surface area contributed by atoms with E-state index in [0.717, 1.165) is 11.3 Å². The molecule has 0 N–H and O–H groups in total. The number of benzene rings is 3. The summed E-state index contributed by atoms with van der Waals surface area (Å²) in [6, 6.07) is 18.4. The minimum absolute atomic E-state index is 0.221. The van der Waals surface area contributed by atoms with E-state index in [9.17, 15) is 8.78 Å². The standard InChI is InChI=1S/C28H20F6S/c1-15-13-14-18-9-7-8-12-20(18)21(15)23-24(27(31,32)28(33,34)26(23,29)30)22-16(2)25(35-17(22)3)19-10-5-4-6-11-19/h4-14H,1-3H3. The summed E-state index contributed by atoms with van der Waals surface area (Å²) in [6.45, 7) is 4.50. The molecular formula is C28H20F6S. The lowest BCUT2D eigenvalue weighted by atomic mass is 9.87. The van der Waals surface area contributed by atoms with Crippen LogP contribution in [0.5, 0.6) is 0 Å². The number of thiophene rings is 1. The van der Waals surface area contributed by atoms with Gasteiger partial charge in [0.2, 0.25) is 0 Å². The van der Waals surface area contributed by atoms with Crippen LogP contribution in [0.2, 0.25) is 0 Å². The topological polar surface area (TPSA) is 0 Å². The zero-order valence-electron chi connectivity index (χ0n) is 19.0. The Kier molecular flexibility index (Phi) is 5.22. The minimum Gasteiger partial charge on any atom is -0.194 e. The summed E-state index contributed by atoms with van der Waals surface area (Å²) in [6.07, 6.45) is 0. The predicted octanol–water partition coefficient (Wildman–Crippen LogP) is 9.32. The summed E-state index contributed by atoms with van der Waals surface area (Å²) in [5.41, 5.74) is -1.90. The second-order valence-electron chi connectivity index (χ2n) is 8.81. The number of hydrogen-bond acceptors (Lipinski definition) is 1. The van der Waals surface area contributed by atoms with Crippen LogP contribution in [0.4, 0.5) is 26.3 Å². The molecule has 5 rings (SSSR count). The van der Waals surface area contributed by atoms with Gasteiger partial charge in [-0.3, -0.25) is 0 Å². The average molecular weight is 503 g/mol. The smallest absolute Gasteiger partial charge is 0.194 e. The van der Waals surface area contributed by atoms with E-state index >= 15 is 17.6 Å². The molecule has 0 nitrogen and oxygen atoms in total. The van der Waals surface area contributed by atoms with Gasteiger partial charge in [0.1, 0.15) is 0 Å².